The Labute approximate surface area is 113 Å². The number of pyridine rings is 1. The van der Waals surface area contributed by atoms with Gasteiger partial charge in [-0.15, -0.1) is 0 Å². The van der Waals surface area contributed by atoms with Gasteiger partial charge in [0.25, 0.3) is 0 Å². The maximum atomic E-state index is 9.00. The van der Waals surface area contributed by atoms with Crippen molar-refractivity contribution in [3.63, 3.8) is 0 Å². The van der Waals surface area contributed by atoms with E-state index in [-0.39, 0.29) is 12.5 Å². The number of aliphatic hydroxyl groups excluding tert-OH is 1. The Hall–Kier alpha value is -1.72. The Bertz CT molecular complexity index is 509. The fourth-order valence-corrected chi connectivity index (χ4v) is 1.93. The zero-order valence-electron chi connectivity index (χ0n) is 11.4. The first-order valence-electron chi connectivity index (χ1n) is 6.45. The lowest BCUT2D eigenvalue weighted by Crippen LogP contribution is -2.22. The van der Waals surface area contributed by atoms with Gasteiger partial charge in [-0.1, -0.05) is 6.92 Å². The van der Waals surface area contributed by atoms with Crippen molar-refractivity contribution in [2.24, 2.45) is 13.0 Å². The summed E-state index contributed by atoms with van der Waals surface area (Å²) in [4.78, 5) is 4.13. The maximum absolute atomic E-state index is 9.00. The van der Waals surface area contributed by atoms with Gasteiger partial charge in [0.1, 0.15) is 0 Å². The third-order valence-corrected chi connectivity index (χ3v) is 2.96. The number of hydrogen-bond acceptors (Lipinski definition) is 4. The highest BCUT2D eigenvalue weighted by Gasteiger charge is 2.10. The molecule has 19 heavy (non-hydrogen) atoms. The van der Waals surface area contributed by atoms with Gasteiger partial charge in [-0.25, -0.2) is 0 Å². The quantitative estimate of drug-likeness (QED) is 0.819. The van der Waals surface area contributed by atoms with Gasteiger partial charge in [-0.3, -0.25) is 9.67 Å². The Kier molecular flexibility index (Phi) is 4.65. The molecule has 0 aliphatic carbocycles. The van der Waals surface area contributed by atoms with Gasteiger partial charge in [0, 0.05) is 56.5 Å². The number of aromatic nitrogens is 3. The lowest BCUT2D eigenvalue weighted by Gasteiger charge is -2.09. The van der Waals surface area contributed by atoms with E-state index in [4.69, 9.17) is 5.11 Å². The van der Waals surface area contributed by atoms with Crippen molar-refractivity contribution in [3.05, 3.63) is 36.3 Å². The Morgan fingerprint density at radius 3 is 3.00 bits per heavy atom. The third kappa shape index (κ3) is 3.62. The molecule has 0 saturated heterocycles. The van der Waals surface area contributed by atoms with Crippen LogP contribution in [0.5, 0.6) is 0 Å². The Morgan fingerprint density at radius 2 is 2.32 bits per heavy atom. The summed E-state index contributed by atoms with van der Waals surface area (Å²) in [6, 6.07) is 3.92. The number of aryl methyl sites for hydroxylation is 1. The number of nitrogens with one attached hydrogen (secondary N) is 1. The molecule has 2 N–H and O–H groups in total. The van der Waals surface area contributed by atoms with Crippen LogP contribution in [0, 0.1) is 5.92 Å². The minimum absolute atomic E-state index is 0.204. The summed E-state index contributed by atoms with van der Waals surface area (Å²) in [6.07, 6.45) is 5.59. The summed E-state index contributed by atoms with van der Waals surface area (Å²) >= 11 is 0. The Morgan fingerprint density at radius 1 is 1.47 bits per heavy atom. The molecule has 5 heteroatoms. The van der Waals surface area contributed by atoms with Crippen LogP contribution in [-0.2, 0) is 13.6 Å². The fraction of sp³-hybridized carbons (Fsp3) is 0.429. The third-order valence-electron chi connectivity index (χ3n) is 2.96. The molecule has 0 saturated carbocycles. The minimum Gasteiger partial charge on any atom is -0.396 e. The van der Waals surface area contributed by atoms with Crippen molar-refractivity contribution in [3.8, 4) is 11.3 Å². The minimum atomic E-state index is 0.204. The number of rotatable bonds is 6. The second-order valence-electron chi connectivity index (χ2n) is 4.84. The van der Waals surface area contributed by atoms with E-state index in [1.165, 1.54) is 0 Å². The molecule has 2 rings (SSSR count). The zero-order chi connectivity index (χ0) is 13.7. The van der Waals surface area contributed by atoms with Crippen molar-refractivity contribution in [2.45, 2.75) is 13.5 Å². The SMILES string of the molecule is CC(CO)CNCc1cn(C)nc1-c1cccnc1. The van der Waals surface area contributed by atoms with Crippen LogP contribution in [0.1, 0.15) is 12.5 Å². The predicted octanol–water partition coefficient (Wildman–Crippen LogP) is 1.20. The van der Waals surface area contributed by atoms with E-state index in [2.05, 4.69) is 15.4 Å². The number of nitrogens with zero attached hydrogens (tertiary/aromatic N) is 3. The molecule has 0 aromatic carbocycles. The molecule has 5 nitrogen and oxygen atoms in total. The van der Waals surface area contributed by atoms with Crippen molar-refractivity contribution < 1.29 is 5.11 Å². The maximum Gasteiger partial charge on any atom is 0.0983 e. The molecule has 1 atom stereocenters. The molecule has 102 valence electrons. The zero-order valence-corrected chi connectivity index (χ0v) is 11.4. The monoisotopic (exact) mass is 260 g/mol. The Balaban J connectivity index is 2.09. The molecule has 0 aliphatic heterocycles. The summed E-state index contributed by atoms with van der Waals surface area (Å²) in [6.45, 7) is 3.74. The fourth-order valence-electron chi connectivity index (χ4n) is 1.93. The van der Waals surface area contributed by atoms with Crippen LogP contribution >= 0.6 is 0 Å². The van der Waals surface area contributed by atoms with Gasteiger partial charge in [0.2, 0.25) is 0 Å². The average molecular weight is 260 g/mol. The summed E-state index contributed by atoms with van der Waals surface area (Å²) < 4.78 is 1.81. The van der Waals surface area contributed by atoms with Crippen LogP contribution < -0.4 is 5.32 Å². The second kappa shape index (κ2) is 6.45. The van der Waals surface area contributed by atoms with E-state index < -0.39 is 0 Å². The van der Waals surface area contributed by atoms with Gasteiger partial charge >= 0.3 is 0 Å². The highest BCUT2D eigenvalue weighted by atomic mass is 16.3. The standard InChI is InChI=1S/C14H20N4O/c1-11(10-19)6-16-8-13-9-18(2)17-14(13)12-4-3-5-15-7-12/h3-5,7,9,11,16,19H,6,8,10H2,1-2H3. The molecule has 1 unspecified atom stereocenters. The molecule has 0 spiro atoms. The predicted molar refractivity (Wildman–Crippen MR) is 74.4 cm³/mol. The highest BCUT2D eigenvalue weighted by molar-refractivity contribution is 5.61. The van der Waals surface area contributed by atoms with Crippen LogP contribution in [-0.4, -0.2) is 33.0 Å². The van der Waals surface area contributed by atoms with E-state index in [1.807, 2.05) is 43.2 Å². The van der Waals surface area contributed by atoms with Gasteiger partial charge in [-0.05, 0) is 18.1 Å². The second-order valence-corrected chi connectivity index (χ2v) is 4.84. The lowest BCUT2D eigenvalue weighted by molar-refractivity contribution is 0.233. The van der Waals surface area contributed by atoms with Crippen LogP contribution in [0.25, 0.3) is 11.3 Å². The molecule has 2 heterocycles. The van der Waals surface area contributed by atoms with Crippen LogP contribution in [0.4, 0.5) is 0 Å². The van der Waals surface area contributed by atoms with Crippen LogP contribution in [0.3, 0.4) is 0 Å². The van der Waals surface area contributed by atoms with Crippen molar-refractivity contribution in [2.75, 3.05) is 13.2 Å². The van der Waals surface area contributed by atoms with Crippen LogP contribution in [0.2, 0.25) is 0 Å². The largest absolute Gasteiger partial charge is 0.396 e. The molecule has 2 aromatic heterocycles. The molecule has 0 bridgehead atoms. The first-order valence-corrected chi connectivity index (χ1v) is 6.45. The smallest absolute Gasteiger partial charge is 0.0983 e. The summed E-state index contributed by atoms with van der Waals surface area (Å²) in [5.41, 5.74) is 3.12. The van der Waals surface area contributed by atoms with Crippen molar-refractivity contribution in [1.82, 2.24) is 20.1 Å². The number of hydrogen-bond donors (Lipinski definition) is 2. The summed E-state index contributed by atoms with van der Waals surface area (Å²) in [7, 11) is 1.92. The van der Waals surface area contributed by atoms with Gasteiger partial charge < -0.3 is 10.4 Å². The van der Waals surface area contributed by atoms with E-state index in [9.17, 15) is 0 Å². The van der Waals surface area contributed by atoms with Gasteiger partial charge in [0.15, 0.2) is 0 Å². The first kappa shape index (κ1) is 13.7. The number of aliphatic hydroxyl groups is 1. The normalized spacial score (nSPS) is 12.6. The van der Waals surface area contributed by atoms with Crippen molar-refractivity contribution in [1.29, 1.82) is 0 Å². The molecular formula is C14H20N4O. The molecule has 0 radical (unpaired) electrons. The lowest BCUT2D eigenvalue weighted by atomic mass is 10.1. The molecule has 2 aromatic rings. The van der Waals surface area contributed by atoms with E-state index in [1.54, 1.807) is 6.20 Å². The van der Waals surface area contributed by atoms with E-state index in [0.717, 1.165) is 29.9 Å². The highest BCUT2D eigenvalue weighted by Crippen LogP contribution is 2.20. The first-order chi connectivity index (χ1) is 9.20. The molecule has 0 fully saturated rings. The summed E-state index contributed by atoms with van der Waals surface area (Å²) in [5, 5.41) is 16.8. The van der Waals surface area contributed by atoms with Gasteiger partial charge in [-0.2, -0.15) is 5.10 Å². The van der Waals surface area contributed by atoms with Gasteiger partial charge in [0.05, 0.1) is 5.69 Å². The topological polar surface area (TPSA) is 63.0 Å². The van der Waals surface area contributed by atoms with Crippen LogP contribution in [0.15, 0.2) is 30.7 Å². The van der Waals surface area contributed by atoms with Crippen molar-refractivity contribution >= 4 is 0 Å². The summed E-state index contributed by atoms with van der Waals surface area (Å²) in [5.74, 6) is 0.263. The molecule has 0 aliphatic rings. The molecule has 0 amide bonds. The van der Waals surface area contributed by atoms with E-state index in [0.29, 0.717) is 0 Å². The average Bonchev–Trinajstić information content (AvgIpc) is 2.80. The van der Waals surface area contributed by atoms with E-state index >= 15 is 0 Å². The molecular weight excluding hydrogens is 240 g/mol.